The molecular formula is C16H13NO6S. The standard InChI is InChI=1S/C16H13NO6S/c18-11(19)7-6-9-8-24-15-13(23-10-4-2-1-3-5-10)14(20)17(15)12(9)16(21)22/h1-7,13,15H,8H2,(H,18,19)(H,21,22)/t13?,15-/m0/s1. The van der Waals surface area contributed by atoms with Crippen molar-refractivity contribution in [2.75, 3.05) is 5.75 Å². The first-order chi connectivity index (χ1) is 11.5. The van der Waals surface area contributed by atoms with Crippen molar-refractivity contribution >= 4 is 29.6 Å². The topological polar surface area (TPSA) is 104 Å². The van der Waals surface area contributed by atoms with Crippen LogP contribution in [-0.4, -0.2) is 50.2 Å². The number of rotatable bonds is 5. The Morgan fingerprint density at radius 3 is 2.58 bits per heavy atom. The summed E-state index contributed by atoms with van der Waals surface area (Å²) in [6.07, 6.45) is 1.33. The van der Waals surface area contributed by atoms with Gasteiger partial charge in [0, 0.05) is 11.8 Å². The zero-order chi connectivity index (χ0) is 17.3. The second-order valence-electron chi connectivity index (χ2n) is 5.11. The van der Waals surface area contributed by atoms with Gasteiger partial charge in [-0.3, -0.25) is 9.69 Å². The highest BCUT2D eigenvalue weighted by molar-refractivity contribution is 8.00. The van der Waals surface area contributed by atoms with E-state index < -0.39 is 29.3 Å². The summed E-state index contributed by atoms with van der Waals surface area (Å²) in [5.74, 6) is -2.08. The van der Waals surface area contributed by atoms with Crippen molar-refractivity contribution in [2.24, 2.45) is 0 Å². The number of para-hydroxylation sites is 1. The minimum atomic E-state index is -1.27. The van der Waals surface area contributed by atoms with E-state index in [0.29, 0.717) is 5.75 Å². The fourth-order valence-corrected chi connectivity index (χ4v) is 3.82. The molecule has 1 aromatic rings. The van der Waals surface area contributed by atoms with Gasteiger partial charge in [0.1, 0.15) is 16.8 Å². The van der Waals surface area contributed by atoms with Crippen molar-refractivity contribution in [1.29, 1.82) is 0 Å². The summed E-state index contributed by atoms with van der Waals surface area (Å²) in [5, 5.41) is 17.7. The molecule has 1 aromatic carbocycles. The lowest BCUT2D eigenvalue weighted by Gasteiger charge is -2.48. The SMILES string of the molecule is O=C(O)C=CC1=C(C(=O)O)N2C(=O)C(Oc3ccccc3)[C@@H]2SC1. The number of ether oxygens (including phenoxy) is 1. The molecular weight excluding hydrogens is 334 g/mol. The maximum Gasteiger partial charge on any atom is 0.352 e. The molecule has 1 saturated heterocycles. The number of thioether (sulfide) groups is 1. The Kier molecular flexibility index (Phi) is 4.30. The molecule has 1 unspecified atom stereocenters. The molecule has 1 amide bonds. The summed E-state index contributed by atoms with van der Waals surface area (Å²) in [4.78, 5) is 35.7. The number of amides is 1. The number of carboxylic acid groups (broad SMARTS) is 2. The van der Waals surface area contributed by atoms with Crippen molar-refractivity contribution in [3.8, 4) is 5.75 Å². The molecule has 124 valence electrons. The van der Waals surface area contributed by atoms with E-state index in [4.69, 9.17) is 9.84 Å². The van der Waals surface area contributed by atoms with Crippen molar-refractivity contribution in [3.63, 3.8) is 0 Å². The van der Waals surface area contributed by atoms with Crippen LogP contribution in [0.1, 0.15) is 0 Å². The molecule has 2 atom stereocenters. The predicted molar refractivity (Wildman–Crippen MR) is 85.4 cm³/mol. The highest BCUT2D eigenvalue weighted by atomic mass is 32.2. The van der Waals surface area contributed by atoms with E-state index in [0.717, 1.165) is 11.0 Å². The summed E-state index contributed by atoms with van der Waals surface area (Å²) in [6.45, 7) is 0. The third-order valence-corrected chi connectivity index (χ3v) is 4.86. The predicted octanol–water partition coefficient (Wildman–Crippen LogP) is 1.33. The van der Waals surface area contributed by atoms with Crippen LogP contribution in [0, 0.1) is 0 Å². The molecule has 0 bridgehead atoms. The third kappa shape index (κ3) is 2.88. The fraction of sp³-hybridized carbons (Fsp3) is 0.188. The van der Waals surface area contributed by atoms with Gasteiger partial charge in [-0.15, -0.1) is 11.8 Å². The Balaban J connectivity index is 1.84. The summed E-state index contributed by atoms with van der Waals surface area (Å²) in [6, 6.07) is 8.82. The Morgan fingerprint density at radius 2 is 1.96 bits per heavy atom. The van der Waals surface area contributed by atoms with E-state index >= 15 is 0 Å². The van der Waals surface area contributed by atoms with Crippen LogP contribution in [0.4, 0.5) is 0 Å². The molecule has 3 rings (SSSR count). The maximum atomic E-state index is 12.3. The fourth-order valence-electron chi connectivity index (χ4n) is 2.53. The zero-order valence-electron chi connectivity index (χ0n) is 12.3. The van der Waals surface area contributed by atoms with Crippen LogP contribution in [0.2, 0.25) is 0 Å². The number of hydrogen-bond acceptors (Lipinski definition) is 5. The summed E-state index contributed by atoms with van der Waals surface area (Å²) < 4.78 is 5.65. The van der Waals surface area contributed by atoms with E-state index in [1.54, 1.807) is 24.3 Å². The molecule has 2 N–H and O–H groups in total. The number of nitrogens with zero attached hydrogens (tertiary/aromatic N) is 1. The van der Waals surface area contributed by atoms with E-state index in [1.807, 2.05) is 6.07 Å². The van der Waals surface area contributed by atoms with E-state index in [-0.39, 0.29) is 17.0 Å². The Labute approximate surface area is 141 Å². The van der Waals surface area contributed by atoms with Gasteiger partial charge < -0.3 is 14.9 Å². The molecule has 2 aliphatic rings. The second-order valence-corrected chi connectivity index (χ2v) is 6.22. The second kappa shape index (κ2) is 6.40. The largest absolute Gasteiger partial charge is 0.478 e. The van der Waals surface area contributed by atoms with Crippen molar-refractivity contribution in [2.45, 2.75) is 11.5 Å². The van der Waals surface area contributed by atoms with Crippen LogP contribution in [0.5, 0.6) is 5.75 Å². The van der Waals surface area contributed by atoms with Crippen LogP contribution in [0.15, 0.2) is 53.8 Å². The normalized spacial score (nSPS) is 23.0. The zero-order valence-corrected chi connectivity index (χ0v) is 13.1. The summed E-state index contributed by atoms with van der Waals surface area (Å²) >= 11 is 1.34. The van der Waals surface area contributed by atoms with Crippen LogP contribution in [0.25, 0.3) is 0 Å². The van der Waals surface area contributed by atoms with Gasteiger partial charge in [-0.25, -0.2) is 9.59 Å². The van der Waals surface area contributed by atoms with Crippen LogP contribution in [0.3, 0.4) is 0 Å². The van der Waals surface area contributed by atoms with Crippen LogP contribution < -0.4 is 4.74 Å². The monoisotopic (exact) mass is 347 g/mol. The highest BCUT2D eigenvalue weighted by Crippen LogP contribution is 2.42. The van der Waals surface area contributed by atoms with E-state index in [2.05, 4.69) is 0 Å². The number of carboxylic acids is 2. The van der Waals surface area contributed by atoms with Crippen molar-refractivity contribution < 1.29 is 29.3 Å². The number of hydrogen-bond donors (Lipinski definition) is 2. The summed E-state index contributed by atoms with van der Waals surface area (Å²) in [7, 11) is 0. The first-order valence-corrected chi connectivity index (χ1v) is 8.07. The molecule has 0 radical (unpaired) electrons. The van der Waals surface area contributed by atoms with E-state index in [1.165, 1.54) is 17.8 Å². The van der Waals surface area contributed by atoms with Gasteiger partial charge in [-0.05, 0) is 23.8 Å². The number of fused-ring (bicyclic) bond motifs is 1. The minimum Gasteiger partial charge on any atom is -0.478 e. The lowest BCUT2D eigenvalue weighted by atomic mass is 10.0. The molecule has 7 nitrogen and oxygen atoms in total. The quantitative estimate of drug-likeness (QED) is 0.611. The molecule has 24 heavy (non-hydrogen) atoms. The van der Waals surface area contributed by atoms with Gasteiger partial charge in [0.2, 0.25) is 6.10 Å². The van der Waals surface area contributed by atoms with Gasteiger partial charge >= 0.3 is 11.9 Å². The number of benzene rings is 1. The van der Waals surface area contributed by atoms with Gasteiger partial charge in [0.15, 0.2) is 0 Å². The number of allylic oxidation sites excluding steroid dienone is 1. The average molecular weight is 347 g/mol. The number of aliphatic carboxylic acids is 2. The Hall–Kier alpha value is -2.74. The number of β-lactam (4-membered cyclic amide) rings is 1. The molecule has 1 fully saturated rings. The highest BCUT2D eigenvalue weighted by Gasteiger charge is 2.55. The Morgan fingerprint density at radius 1 is 1.25 bits per heavy atom. The molecule has 0 aliphatic carbocycles. The molecule has 0 aromatic heterocycles. The molecule has 2 aliphatic heterocycles. The smallest absolute Gasteiger partial charge is 0.352 e. The lowest BCUT2D eigenvalue weighted by Crippen LogP contribution is -2.66. The van der Waals surface area contributed by atoms with Gasteiger partial charge in [0.25, 0.3) is 5.91 Å². The number of carbonyl (C=O) groups is 3. The van der Waals surface area contributed by atoms with Crippen molar-refractivity contribution in [1.82, 2.24) is 4.90 Å². The molecule has 2 heterocycles. The molecule has 8 heteroatoms. The first kappa shape index (κ1) is 16.1. The third-order valence-electron chi connectivity index (χ3n) is 3.58. The molecule has 0 spiro atoms. The lowest BCUT2D eigenvalue weighted by molar-refractivity contribution is -0.157. The number of carbonyl (C=O) groups excluding carboxylic acids is 1. The Bertz CT molecular complexity index is 757. The van der Waals surface area contributed by atoms with Crippen molar-refractivity contribution in [3.05, 3.63) is 53.8 Å². The summed E-state index contributed by atoms with van der Waals surface area (Å²) in [5.41, 5.74) is 0.104. The van der Waals surface area contributed by atoms with E-state index in [9.17, 15) is 19.5 Å². The average Bonchev–Trinajstić information content (AvgIpc) is 2.57. The van der Waals surface area contributed by atoms with Crippen LogP contribution >= 0.6 is 11.8 Å². The van der Waals surface area contributed by atoms with Gasteiger partial charge in [0.05, 0.1) is 0 Å². The van der Waals surface area contributed by atoms with Gasteiger partial charge in [-0.1, -0.05) is 18.2 Å². The molecule has 0 saturated carbocycles. The van der Waals surface area contributed by atoms with Crippen LogP contribution in [-0.2, 0) is 14.4 Å². The maximum absolute atomic E-state index is 12.3. The minimum absolute atomic E-state index is 0.186. The van der Waals surface area contributed by atoms with Gasteiger partial charge in [-0.2, -0.15) is 0 Å². The first-order valence-electron chi connectivity index (χ1n) is 7.03.